The maximum atomic E-state index is 7.54. The van der Waals surface area contributed by atoms with Gasteiger partial charge in [0.1, 0.15) is 10.9 Å². The largest absolute Gasteiger partial charge is 0.384 e. The number of nitrogens with zero attached hydrogens (tertiary/aromatic N) is 1. The van der Waals surface area contributed by atoms with Crippen molar-refractivity contribution in [3.05, 3.63) is 51.6 Å². The number of hydrogen-bond acceptors (Lipinski definition) is 3. The standard InChI is InChI=1S/C12H9BrClN3S/c13-7-1-4-11(17-6-7)18-10-5-8(14)2-3-9(10)12(15)16/h1-6H,(H3,15,16). The van der Waals surface area contributed by atoms with Crippen LogP contribution in [0.5, 0.6) is 0 Å². The molecule has 18 heavy (non-hydrogen) atoms. The Balaban J connectivity index is 2.35. The third-order valence-electron chi connectivity index (χ3n) is 2.15. The van der Waals surface area contributed by atoms with Crippen LogP contribution in [0, 0.1) is 5.41 Å². The monoisotopic (exact) mass is 341 g/mol. The molecule has 0 aliphatic carbocycles. The summed E-state index contributed by atoms with van der Waals surface area (Å²) in [6, 6.07) is 9.04. The Bertz CT molecular complexity index is 586. The highest BCUT2D eigenvalue weighted by Gasteiger charge is 2.08. The van der Waals surface area contributed by atoms with Crippen molar-refractivity contribution in [2.75, 3.05) is 0 Å². The van der Waals surface area contributed by atoms with Crippen LogP contribution in [0.25, 0.3) is 0 Å². The van der Waals surface area contributed by atoms with E-state index in [-0.39, 0.29) is 5.84 Å². The lowest BCUT2D eigenvalue weighted by atomic mass is 10.2. The van der Waals surface area contributed by atoms with Gasteiger partial charge in [-0.25, -0.2) is 4.98 Å². The Morgan fingerprint density at radius 2 is 2.11 bits per heavy atom. The summed E-state index contributed by atoms with van der Waals surface area (Å²) in [5.74, 6) is 0.0197. The molecule has 2 rings (SSSR count). The minimum absolute atomic E-state index is 0.0197. The van der Waals surface area contributed by atoms with Crippen molar-refractivity contribution in [3.8, 4) is 0 Å². The summed E-state index contributed by atoms with van der Waals surface area (Å²) in [5, 5.41) is 8.97. The van der Waals surface area contributed by atoms with Crippen LogP contribution in [0.4, 0.5) is 0 Å². The number of nitrogens with two attached hydrogens (primary N) is 1. The zero-order valence-electron chi connectivity index (χ0n) is 9.15. The molecule has 0 aliphatic heterocycles. The number of rotatable bonds is 3. The summed E-state index contributed by atoms with van der Waals surface area (Å²) in [6.45, 7) is 0. The molecule has 0 bridgehead atoms. The Kier molecular flexibility index (Phi) is 4.27. The van der Waals surface area contributed by atoms with Crippen LogP contribution in [0.3, 0.4) is 0 Å². The number of amidine groups is 1. The van der Waals surface area contributed by atoms with E-state index in [0.717, 1.165) is 14.4 Å². The van der Waals surface area contributed by atoms with Crippen molar-refractivity contribution in [1.29, 1.82) is 5.41 Å². The minimum atomic E-state index is 0.0197. The first-order chi connectivity index (χ1) is 8.56. The number of nitrogens with one attached hydrogen (secondary N) is 1. The lowest BCUT2D eigenvalue weighted by Gasteiger charge is -2.07. The molecule has 0 unspecified atom stereocenters. The van der Waals surface area contributed by atoms with Crippen LogP contribution in [-0.4, -0.2) is 10.8 Å². The Morgan fingerprint density at radius 1 is 1.33 bits per heavy atom. The molecule has 3 N–H and O–H groups in total. The van der Waals surface area contributed by atoms with Gasteiger partial charge < -0.3 is 5.73 Å². The van der Waals surface area contributed by atoms with Gasteiger partial charge in [0.05, 0.1) is 0 Å². The first kappa shape index (κ1) is 13.4. The minimum Gasteiger partial charge on any atom is -0.384 e. The van der Waals surface area contributed by atoms with Gasteiger partial charge in [0, 0.05) is 26.2 Å². The number of aromatic nitrogens is 1. The molecule has 1 aromatic heterocycles. The number of hydrogen-bond donors (Lipinski definition) is 2. The van der Waals surface area contributed by atoms with Crippen molar-refractivity contribution in [2.45, 2.75) is 9.92 Å². The van der Waals surface area contributed by atoms with Gasteiger partial charge in [-0.15, -0.1) is 0 Å². The molecule has 0 amide bonds. The smallest absolute Gasteiger partial charge is 0.123 e. The summed E-state index contributed by atoms with van der Waals surface area (Å²) in [4.78, 5) is 5.09. The molecule has 3 nitrogen and oxygen atoms in total. The Labute approximate surface area is 122 Å². The van der Waals surface area contributed by atoms with E-state index in [1.54, 1.807) is 24.4 Å². The predicted molar refractivity (Wildman–Crippen MR) is 78.5 cm³/mol. The van der Waals surface area contributed by atoms with Gasteiger partial charge in [0.15, 0.2) is 0 Å². The second kappa shape index (κ2) is 5.73. The molecule has 0 saturated heterocycles. The van der Waals surface area contributed by atoms with Crippen LogP contribution in [0.2, 0.25) is 5.02 Å². The fourth-order valence-electron chi connectivity index (χ4n) is 1.34. The molecule has 1 heterocycles. The van der Waals surface area contributed by atoms with Crippen molar-refractivity contribution in [3.63, 3.8) is 0 Å². The predicted octanol–water partition coefficient (Wildman–Crippen LogP) is 3.93. The maximum Gasteiger partial charge on any atom is 0.123 e. The summed E-state index contributed by atoms with van der Waals surface area (Å²) in [7, 11) is 0. The number of halogens is 2. The first-order valence-electron chi connectivity index (χ1n) is 4.99. The highest BCUT2D eigenvalue weighted by atomic mass is 79.9. The fraction of sp³-hybridized carbons (Fsp3) is 0. The molecular formula is C12H9BrClN3S. The lowest BCUT2D eigenvalue weighted by molar-refractivity contribution is 1.12. The van der Waals surface area contributed by atoms with E-state index in [0.29, 0.717) is 10.6 Å². The van der Waals surface area contributed by atoms with Gasteiger partial charge in [0.2, 0.25) is 0 Å². The van der Waals surface area contributed by atoms with Gasteiger partial charge in [-0.2, -0.15) is 0 Å². The van der Waals surface area contributed by atoms with E-state index in [1.807, 2.05) is 12.1 Å². The molecule has 2 aromatic rings. The maximum absolute atomic E-state index is 7.54. The van der Waals surface area contributed by atoms with Crippen LogP contribution < -0.4 is 5.73 Å². The van der Waals surface area contributed by atoms with Crippen molar-refractivity contribution >= 4 is 45.1 Å². The quantitative estimate of drug-likeness (QED) is 0.656. The summed E-state index contributed by atoms with van der Waals surface area (Å²) in [5.41, 5.74) is 6.20. The van der Waals surface area contributed by atoms with E-state index >= 15 is 0 Å². The molecule has 1 aromatic carbocycles. The van der Waals surface area contributed by atoms with E-state index in [4.69, 9.17) is 22.7 Å². The Morgan fingerprint density at radius 3 is 2.72 bits per heavy atom. The van der Waals surface area contributed by atoms with E-state index in [9.17, 15) is 0 Å². The van der Waals surface area contributed by atoms with Gasteiger partial charge in [-0.05, 0) is 46.3 Å². The highest BCUT2D eigenvalue weighted by Crippen LogP contribution is 2.31. The first-order valence-corrected chi connectivity index (χ1v) is 6.98. The molecular weight excluding hydrogens is 334 g/mol. The SMILES string of the molecule is N=C(N)c1ccc(Cl)cc1Sc1ccc(Br)cn1. The van der Waals surface area contributed by atoms with Crippen LogP contribution >= 0.6 is 39.3 Å². The highest BCUT2D eigenvalue weighted by molar-refractivity contribution is 9.10. The lowest BCUT2D eigenvalue weighted by Crippen LogP contribution is -2.12. The van der Waals surface area contributed by atoms with Crippen LogP contribution in [0.1, 0.15) is 5.56 Å². The van der Waals surface area contributed by atoms with Crippen molar-refractivity contribution in [1.82, 2.24) is 4.98 Å². The summed E-state index contributed by atoms with van der Waals surface area (Å²) in [6.07, 6.45) is 1.72. The third kappa shape index (κ3) is 3.25. The third-order valence-corrected chi connectivity index (χ3v) is 3.86. The fourth-order valence-corrected chi connectivity index (χ4v) is 2.75. The normalized spacial score (nSPS) is 10.3. The molecule has 0 spiro atoms. The molecule has 0 atom stereocenters. The van der Waals surface area contributed by atoms with Crippen LogP contribution in [-0.2, 0) is 0 Å². The number of nitrogen functional groups attached to an aromatic ring is 1. The van der Waals surface area contributed by atoms with E-state index in [1.165, 1.54) is 11.8 Å². The molecule has 92 valence electrons. The van der Waals surface area contributed by atoms with Crippen LogP contribution in [0.15, 0.2) is 50.9 Å². The molecule has 0 saturated carbocycles. The second-order valence-corrected chi connectivity index (χ2v) is 5.89. The number of benzene rings is 1. The van der Waals surface area contributed by atoms with Gasteiger partial charge >= 0.3 is 0 Å². The summed E-state index contributed by atoms with van der Waals surface area (Å²) >= 11 is 10.7. The zero-order valence-corrected chi connectivity index (χ0v) is 12.3. The molecule has 6 heteroatoms. The Hall–Kier alpha value is -1.04. The molecule has 0 fully saturated rings. The molecule has 0 radical (unpaired) electrons. The van der Waals surface area contributed by atoms with Crippen molar-refractivity contribution in [2.24, 2.45) is 5.73 Å². The zero-order chi connectivity index (χ0) is 13.1. The van der Waals surface area contributed by atoms with Gasteiger partial charge in [0.25, 0.3) is 0 Å². The van der Waals surface area contributed by atoms with Gasteiger partial charge in [-0.1, -0.05) is 23.4 Å². The van der Waals surface area contributed by atoms with E-state index < -0.39 is 0 Å². The second-order valence-electron chi connectivity index (χ2n) is 3.47. The average Bonchev–Trinajstić information content (AvgIpc) is 2.32. The van der Waals surface area contributed by atoms with Gasteiger partial charge in [-0.3, -0.25) is 5.41 Å². The summed E-state index contributed by atoms with van der Waals surface area (Å²) < 4.78 is 0.921. The topological polar surface area (TPSA) is 62.8 Å². The van der Waals surface area contributed by atoms with Crippen molar-refractivity contribution < 1.29 is 0 Å². The molecule has 0 aliphatic rings. The number of pyridine rings is 1. The van der Waals surface area contributed by atoms with E-state index in [2.05, 4.69) is 20.9 Å². The average molecular weight is 343 g/mol.